The second-order valence-corrected chi connectivity index (χ2v) is 2.88. The molecular weight excluding hydrogens is 174 g/mol. The van der Waals surface area contributed by atoms with Gasteiger partial charge in [0.25, 0.3) is 0 Å². The third-order valence-electron chi connectivity index (χ3n) is 1.50. The number of halogens is 1. The molecule has 66 valence electrons. The van der Waals surface area contributed by atoms with Crippen molar-refractivity contribution < 1.29 is 10.1 Å². The number of benzene rings is 1. The van der Waals surface area contributed by atoms with Gasteiger partial charge in [-0.25, -0.2) is 0 Å². The maximum absolute atomic E-state index is 5.87. The van der Waals surface area contributed by atoms with Crippen LogP contribution in [-0.4, -0.2) is 20.2 Å². The first-order valence-corrected chi connectivity index (χ1v) is 4.37. The van der Waals surface area contributed by atoms with Gasteiger partial charge in [0.2, 0.25) is 0 Å². The summed E-state index contributed by atoms with van der Waals surface area (Å²) in [6.07, 6.45) is 0. The molecule has 3 heteroatoms. The summed E-state index contributed by atoms with van der Waals surface area (Å²) in [5.41, 5.74) is 0. The zero-order valence-electron chi connectivity index (χ0n) is 7.09. The number of likely N-dealkylation sites (N-methyl/N-ethyl adjacent to an activating group) is 1. The molecule has 0 atom stereocenters. The van der Waals surface area contributed by atoms with E-state index in [1.54, 1.807) is 0 Å². The lowest BCUT2D eigenvalue weighted by Gasteiger charge is -2.05. The number of hydrogen-bond donors (Lipinski definition) is 1. The standard InChI is InChI=1S/C9H12ClNO/c1-11-6-7-12-9-5-3-2-4-8(9)10/h2-5,11H,6-7H2,1H3/p+1. The van der Waals surface area contributed by atoms with Gasteiger partial charge in [-0.15, -0.1) is 0 Å². The van der Waals surface area contributed by atoms with Gasteiger partial charge in [-0.05, 0) is 12.1 Å². The molecule has 1 aromatic carbocycles. The third kappa shape index (κ3) is 2.72. The highest BCUT2D eigenvalue weighted by molar-refractivity contribution is 6.32. The highest BCUT2D eigenvalue weighted by Crippen LogP contribution is 2.22. The Bertz CT molecular complexity index is 240. The number of nitrogens with two attached hydrogens (primary N) is 1. The maximum atomic E-state index is 5.87. The summed E-state index contributed by atoms with van der Waals surface area (Å²) < 4.78 is 5.41. The van der Waals surface area contributed by atoms with Gasteiger partial charge >= 0.3 is 0 Å². The second-order valence-electron chi connectivity index (χ2n) is 2.48. The number of quaternary nitrogens is 1. The van der Waals surface area contributed by atoms with Crippen LogP contribution in [0.5, 0.6) is 5.75 Å². The van der Waals surface area contributed by atoms with Crippen LogP contribution in [0.15, 0.2) is 24.3 Å². The summed E-state index contributed by atoms with van der Waals surface area (Å²) in [7, 11) is 2.01. The molecule has 0 aliphatic heterocycles. The average molecular weight is 187 g/mol. The molecule has 0 aliphatic carbocycles. The average Bonchev–Trinajstić information content (AvgIpc) is 2.09. The molecule has 0 spiro atoms. The second kappa shape index (κ2) is 5.01. The quantitative estimate of drug-likeness (QED) is 0.696. The third-order valence-corrected chi connectivity index (χ3v) is 1.81. The molecule has 1 aromatic rings. The number of ether oxygens (including phenoxy) is 1. The van der Waals surface area contributed by atoms with Crippen molar-refractivity contribution in [2.45, 2.75) is 0 Å². The van der Waals surface area contributed by atoms with Crippen LogP contribution in [0.3, 0.4) is 0 Å². The number of para-hydroxylation sites is 1. The molecule has 1 rings (SSSR count). The molecule has 0 bridgehead atoms. The summed E-state index contributed by atoms with van der Waals surface area (Å²) >= 11 is 5.87. The van der Waals surface area contributed by atoms with Gasteiger partial charge in [0.15, 0.2) is 0 Å². The van der Waals surface area contributed by atoms with E-state index in [0.29, 0.717) is 11.6 Å². The van der Waals surface area contributed by atoms with E-state index in [1.165, 1.54) is 0 Å². The Kier molecular flexibility index (Phi) is 3.91. The molecule has 0 amide bonds. The molecule has 0 aliphatic rings. The lowest BCUT2D eigenvalue weighted by atomic mass is 10.3. The van der Waals surface area contributed by atoms with Gasteiger partial charge in [0.1, 0.15) is 18.9 Å². The maximum Gasteiger partial charge on any atom is 0.138 e. The van der Waals surface area contributed by atoms with E-state index in [2.05, 4.69) is 5.32 Å². The van der Waals surface area contributed by atoms with E-state index in [9.17, 15) is 0 Å². The molecule has 0 aromatic heterocycles. The van der Waals surface area contributed by atoms with E-state index in [4.69, 9.17) is 16.3 Å². The number of hydrogen-bond acceptors (Lipinski definition) is 1. The van der Waals surface area contributed by atoms with E-state index in [0.717, 1.165) is 12.3 Å². The van der Waals surface area contributed by atoms with Crippen LogP contribution in [0, 0.1) is 0 Å². The fourth-order valence-electron chi connectivity index (χ4n) is 0.849. The molecule has 0 heterocycles. The van der Waals surface area contributed by atoms with Gasteiger partial charge in [0.05, 0.1) is 12.1 Å². The fourth-order valence-corrected chi connectivity index (χ4v) is 1.04. The summed E-state index contributed by atoms with van der Waals surface area (Å²) in [5, 5.41) is 2.74. The van der Waals surface area contributed by atoms with E-state index in [1.807, 2.05) is 31.3 Å². The van der Waals surface area contributed by atoms with E-state index < -0.39 is 0 Å². The molecular formula is C9H13ClNO+. The molecule has 0 saturated carbocycles. The SMILES string of the molecule is C[NH2+]CCOc1ccccc1Cl. The first kappa shape index (κ1) is 9.36. The van der Waals surface area contributed by atoms with Gasteiger partial charge < -0.3 is 10.1 Å². The Morgan fingerprint density at radius 3 is 2.83 bits per heavy atom. The Labute approximate surface area is 77.5 Å². The lowest BCUT2D eigenvalue weighted by Crippen LogP contribution is -2.80. The monoisotopic (exact) mass is 186 g/mol. The summed E-state index contributed by atoms with van der Waals surface area (Å²) in [6, 6.07) is 7.50. The minimum atomic E-state index is 0.675. The molecule has 2 nitrogen and oxygen atoms in total. The van der Waals surface area contributed by atoms with Crippen LogP contribution >= 0.6 is 11.6 Å². The van der Waals surface area contributed by atoms with E-state index >= 15 is 0 Å². The van der Waals surface area contributed by atoms with Crippen LogP contribution < -0.4 is 10.1 Å². The Hall–Kier alpha value is -0.730. The van der Waals surface area contributed by atoms with Gasteiger partial charge in [-0.1, -0.05) is 23.7 Å². The molecule has 2 N–H and O–H groups in total. The first-order chi connectivity index (χ1) is 5.84. The van der Waals surface area contributed by atoms with Crippen molar-refractivity contribution in [3.05, 3.63) is 29.3 Å². The smallest absolute Gasteiger partial charge is 0.138 e. The molecule has 0 fully saturated rings. The van der Waals surface area contributed by atoms with Crippen LogP contribution in [0.4, 0.5) is 0 Å². The van der Waals surface area contributed by atoms with Crippen molar-refractivity contribution in [1.29, 1.82) is 0 Å². The van der Waals surface area contributed by atoms with Gasteiger partial charge in [0, 0.05) is 0 Å². The minimum Gasteiger partial charge on any atom is -0.486 e. The van der Waals surface area contributed by atoms with Crippen LogP contribution in [0.1, 0.15) is 0 Å². The molecule has 0 saturated heterocycles. The zero-order valence-corrected chi connectivity index (χ0v) is 7.84. The van der Waals surface area contributed by atoms with Crippen molar-refractivity contribution in [3.63, 3.8) is 0 Å². The topological polar surface area (TPSA) is 25.8 Å². The fraction of sp³-hybridized carbons (Fsp3) is 0.333. The highest BCUT2D eigenvalue weighted by atomic mass is 35.5. The van der Waals surface area contributed by atoms with Crippen molar-refractivity contribution in [3.8, 4) is 5.75 Å². The zero-order chi connectivity index (χ0) is 8.81. The Balaban J connectivity index is 2.46. The molecule has 0 radical (unpaired) electrons. The van der Waals surface area contributed by atoms with Crippen molar-refractivity contribution in [1.82, 2.24) is 0 Å². The number of rotatable bonds is 4. The first-order valence-electron chi connectivity index (χ1n) is 3.99. The van der Waals surface area contributed by atoms with Gasteiger partial charge in [-0.3, -0.25) is 0 Å². The van der Waals surface area contributed by atoms with Crippen molar-refractivity contribution in [2.75, 3.05) is 20.2 Å². The summed E-state index contributed by atoms with van der Waals surface area (Å²) in [4.78, 5) is 0. The predicted octanol–water partition coefficient (Wildman–Crippen LogP) is 0.912. The van der Waals surface area contributed by atoms with Crippen molar-refractivity contribution >= 4 is 11.6 Å². The lowest BCUT2D eigenvalue weighted by molar-refractivity contribution is -0.627. The predicted molar refractivity (Wildman–Crippen MR) is 49.7 cm³/mol. The van der Waals surface area contributed by atoms with Crippen molar-refractivity contribution in [2.24, 2.45) is 0 Å². The summed E-state index contributed by atoms with van der Waals surface area (Å²) in [6.45, 7) is 1.64. The Morgan fingerprint density at radius 2 is 2.17 bits per heavy atom. The normalized spacial score (nSPS) is 9.83. The highest BCUT2D eigenvalue weighted by Gasteiger charge is 1.98. The van der Waals surface area contributed by atoms with Crippen LogP contribution in [0.25, 0.3) is 0 Å². The van der Waals surface area contributed by atoms with Gasteiger partial charge in [-0.2, -0.15) is 0 Å². The summed E-state index contributed by atoms with van der Waals surface area (Å²) in [5.74, 6) is 0.765. The van der Waals surface area contributed by atoms with E-state index in [-0.39, 0.29) is 0 Å². The molecule has 0 unspecified atom stereocenters. The van der Waals surface area contributed by atoms with Crippen LogP contribution in [0.2, 0.25) is 5.02 Å². The molecule has 12 heavy (non-hydrogen) atoms. The minimum absolute atomic E-state index is 0.675. The Morgan fingerprint density at radius 1 is 1.42 bits per heavy atom. The van der Waals surface area contributed by atoms with Crippen LogP contribution in [-0.2, 0) is 0 Å². The largest absolute Gasteiger partial charge is 0.486 e.